The molecule has 0 radical (unpaired) electrons. The zero-order chi connectivity index (χ0) is 9.97. The number of nitrogens with two attached hydrogens (primary N) is 1. The third kappa shape index (κ3) is 1.81. The molecular weight excluding hydrogens is 176 g/mol. The Morgan fingerprint density at radius 2 is 2.50 bits per heavy atom. The van der Waals surface area contributed by atoms with E-state index < -0.39 is 0 Å². The Labute approximate surface area is 84.7 Å². The van der Waals surface area contributed by atoms with Gasteiger partial charge in [-0.15, -0.1) is 0 Å². The average Bonchev–Trinajstić information content (AvgIpc) is 2.51. The van der Waals surface area contributed by atoms with E-state index in [1.807, 2.05) is 17.9 Å². The molecule has 4 nitrogen and oxygen atoms in total. The van der Waals surface area contributed by atoms with E-state index in [9.17, 15) is 0 Å². The Morgan fingerprint density at radius 1 is 1.64 bits per heavy atom. The van der Waals surface area contributed by atoms with Crippen LogP contribution < -0.4 is 5.73 Å². The van der Waals surface area contributed by atoms with E-state index in [1.54, 1.807) is 0 Å². The first-order valence-electron chi connectivity index (χ1n) is 5.22. The first-order chi connectivity index (χ1) is 6.81. The summed E-state index contributed by atoms with van der Waals surface area (Å²) in [6.45, 7) is 3.12. The zero-order valence-corrected chi connectivity index (χ0v) is 8.69. The number of hydrogen-bond acceptors (Lipinski definition) is 3. The maximum absolute atomic E-state index is 5.64. The first-order valence-corrected chi connectivity index (χ1v) is 5.22. The van der Waals surface area contributed by atoms with Gasteiger partial charge in [0.1, 0.15) is 0 Å². The summed E-state index contributed by atoms with van der Waals surface area (Å²) in [4.78, 5) is 2.45. The molecule has 0 aliphatic carbocycles. The van der Waals surface area contributed by atoms with Gasteiger partial charge in [0, 0.05) is 51.0 Å². The summed E-state index contributed by atoms with van der Waals surface area (Å²) < 4.78 is 1.94. The lowest BCUT2D eigenvalue weighted by molar-refractivity contribution is 0.0979. The molecule has 0 aromatic carbocycles. The summed E-state index contributed by atoms with van der Waals surface area (Å²) in [5, 5.41) is 4.15. The van der Waals surface area contributed by atoms with E-state index in [1.165, 1.54) is 18.7 Å². The highest BCUT2D eigenvalue weighted by molar-refractivity contribution is 5.01. The van der Waals surface area contributed by atoms with Crippen LogP contribution in [0, 0.1) is 0 Å². The fraction of sp³-hybridized carbons (Fsp3) is 0.700. The van der Waals surface area contributed by atoms with Gasteiger partial charge in [0.15, 0.2) is 0 Å². The van der Waals surface area contributed by atoms with Crippen LogP contribution in [-0.2, 0) is 13.5 Å². The molecule has 0 amide bonds. The molecule has 1 saturated heterocycles. The molecule has 1 atom stereocenters. The van der Waals surface area contributed by atoms with Crippen LogP contribution in [0.2, 0.25) is 0 Å². The second-order valence-corrected chi connectivity index (χ2v) is 3.91. The van der Waals surface area contributed by atoms with E-state index >= 15 is 0 Å². The molecular formula is C10H18N4. The van der Waals surface area contributed by atoms with E-state index in [0.717, 1.165) is 19.5 Å². The van der Waals surface area contributed by atoms with Crippen molar-refractivity contribution >= 4 is 0 Å². The highest BCUT2D eigenvalue weighted by atomic mass is 15.3. The fourth-order valence-corrected chi connectivity index (χ4v) is 1.96. The highest BCUT2D eigenvalue weighted by Crippen LogP contribution is 2.16. The van der Waals surface area contributed by atoms with Crippen molar-refractivity contribution in [2.45, 2.75) is 18.9 Å². The van der Waals surface area contributed by atoms with E-state index in [2.05, 4.69) is 16.1 Å². The largest absolute Gasteiger partial charge is 0.329 e. The number of hydrogen-bond donors (Lipinski definition) is 1. The predicted molar refractivity (Wildman–Crippen MR) is 55.9 cm³/mol. The molecule has 14 heavy (non-hydrogen) atoms. The normalized spacial score (nSPS) is 22.3. The number of aryl methyl sites for hydroxylation is 1. The molecule has 0 bridgehead atoms. The smallest absolute Gasteiger partial charge is 0.0492 e. The molecule has 1 aliphatic rings. The van der Waals surface area contributed by atoms with Crippen LogP contribution in [0.15, 0.2) is 12.3 Å². The minimum Gasteiger partial charge on any atom is -0.329 e. The molecule has 1 aromatic rings. The van der Waals surface area contributed by atoms with Crippen molar-refractivity contribution in [2.24, 2.45) is 12.8 Å². The number of likely N-dealkylation sites (tertiary alicyclic amines) is 1. The van der Waals surface area contributed by atoms with Crippen molar-refractivity contribution in [3.63, 3.8) is 0 Å². The lowest BCUT2D eigenvalue weighted by Crippen LogP contribution is -2.52. The second kappa shape index (κ2) is 4.11. The van der Waals surface area contributed by atoms with Crippen LogP contribution in [0.5, 0.6) is 0 Å². The minimum atomic E-state index is 0.628. The SMILES string of the molecule is Cn1nccc1CCN1CCC1CN. The van der Waals surface area contributed by atoms with Crippen LogP contribution in [0.3, 0.4) is 0 Å². The van der Waals surface area contributed by atoms with Crippen LogP contribution >= 0.6 is 0 Å². The van der Waals surface area contributed by atoms with Gasteiger partial charge >= 0.3 is 0 Å². The van der Waals surface area contributed by atoms with Crippen molar-refractivity contribution in [2.75, 3.05) is 19.6 Å². The minimum absolute atomic E-state index is 0.628. The summed E-state index contributed by atoms with van der Waals surface area (Å²) in [6, 6.07) is 2.71. The summed E-state index contributed by atoms with van der Waals surface area (Å²) in [5.74, 6) is 0. The van der Waals surface area contributed by atoms with Crippen LogP contribution in [0.1, 0.15) is 12.1 Å². The van der Waals surface area contributed by atoms with E-state index in [-0.39, 0.29) is 0 Å². The van der Waals surface area contributed by atoms with Crippen LogP contribution in [0.25, 0.3) is 0 Å². The molecule has 0 spiro atoms. The van der Waals surface area contributed by atoms with Crippen molar-refractivity contribution < 1.29 is 0 Å². The van der Waals surface area contributed by atoms with Crippen LogP contribution in [0.4, 0.5) is 0 Å². The van der Waals surface area contributed by atoms with Crippen molar-refractivity contribution in [1.29, 1.82) is 0 Å². The Kier molecular flexibility index (Phi) is 2.84. The van der Waals surface area contributed by atoms with Gasteiger partial charge in [-0.1, -0.05) is 0 Å². The zero-order valence-electron chi connectivity index (χ0n) is 8.69. The molecule has 2 rings (SSSR count). The molecule has 1 aromatic heterocycles. The average molecular weight is 194 g/mol. The molecule has 1 aliphatic heterocycles. The second-order valence-electron chi connectivity index (χ2n) is 3.91. The summed E-state index contributed by atoms with van der Waals surface area (Å²) in [6.07, 6.45) is 4.20. The molecule has 2 heterocycles. The number of rotatable bonds is 4. The third-order valence-electron chi connectivity index (χ3n) is 3.12. The summed E-state index contributed by atoms with van der Waals surface area (Å²) in [7, 11) is 1.99. The standard InChI is InChI=1S/C10H18N4/c1-13-9(2-5-12-13)3-6-14-7-4-10(14)8-11/h2,5,10H,3-4,6-8,11H2,1H3. The fourth-order valence-electron chi connectivity index (χ4n) is 1.96. The van der Waals surface area contributed by atoms with Gasteiger partial charge in [-0.2, -0.15) is 5.10 Å². The van der Waals surface area contributed by atoms with Gasteiger partial charge < -0.3 is 5.73 Å². The Bertz CT molecular complexity index is 292. The van der Waals surface area contributed by atoms with Gasteiger partial charge in [0.2, 0.25) is 0 Å². The van der Waals surface area contributed by atoms with Gasteiger partial charge in [0.05, 0.1) is 0 Å². The van der Waals surface area contributed by atoms with Gasteiger partial charge in [-0.05, 0) is 12.5 Å². The Hall–Kier alpha value is -0.870. The lowest BCUT2D eigenvalue weighted by Gasteiger charge is -2.40. The molecule has 2 N–H and O–H groups in total. The Morgan fingerprint density at radius 3 is 3.00 bits per heavy atom. The first kappa shape index (κ1) is 9.68. The van der Waals surface area contributed by atoms with Gasteiger partial charge in [-0.25, -0.2) is 0 Å². The van der Waals surface area contributed by atoms with Gasteiger partial charge in [-0.3, -0.25) is 9.58 Å². The van der Waals surface area contributed by atoms with Crippen molar-refractivity contribution in [3.8, 4) is 0 Å². The van der Waals surface area contributed by atoms with E-state index in [4.69, 9.17) is 5.73 Å². The van der Waals surface area contributed by atoms with Crippen molar-refractivity contribution in [3.05, 3.63) is 18.0 Å². The third-order valence-corrected chi connectivity index (χ3v) is 3.12. The quantitative estimate of drug-likeness (QED) is 0.733. The topological polar surface area (TPSA) is 47.1 Å². The highest BCUT2D eigenvalue weighted by Gasteiger charge is 2.25. The van der Waals surface area contributed by atoms with Gasteiger partial charge in [0.25, 0.3) is 0 Å². The summed E-state index contributed by atoms with van der Waals surface area (Å²) in [5.41, 5.74) is 6.94. The lowest BCUT2D eigenvalue weighted by atomic mass is 10.0. The number of nitrogens with zero attached hydrogens (tertiary/aromatic N) is 3. The number of aromatic nitrogens is 2. The maximum atomic E-state index is 5.64. The van der Waals surface area contributed by atoms with E-state index in [0.29, 0.717) is 6.04 Å². The molecule has 1 fully saturated rings. The van der Waals surface area contributed by atoms with Crippen LogP contribution in [-0.4, -0.2) is 40.4 Å². The summed E-state index contributed by atoms with van der Waals surface area (Å²) >= 11 is 0. The monoisotopic (exact) mass is 194 g/mol. The molecule has 1 unspecified atom stereocenters. The predicted octanol–water partition coefficient (Wildman–Crippen LogP) is -0.00440. The Balaban J connectivity index is 1.80. The molecule has 0 saturated carbocycles. The van der Waals surface area contributed by atoms with Crippen molar-refractivity contribution in [1.82, 2.24) is 14.7 Å². The molecule has 78 valence electrons. The molecule has 4 heteroatoms. The maximum Gasteiger partial charge on any atom is 0.0492 e.